The topological polar surface area (TPSA) is 85.8 Å². The molecule has 0 aliphatic heterocycles. The number of carbonyl (C=O) groups excluding carboxylic acids is 1. The average Bonchev–Trinajstić information content (AvgIpc) is 3.25. The Hall–Kier alpha value is -2.61. The second kappa shape index (κ2) is 7.31. The van der Waals surface area contributed by atoms with Crippen molar-refractivity contribution in [1.82, 2.24) is 25.5 Å². The molecule has 0 bridgehead atoms. The summed E-state index contributed by atoms with van der Waals surface area (Å²) < 4.78 is 6.81. The molecule has 24 heavy (non-hydrogen) atoms. The number of furan rings is 1. The quantitative estimate of drug-likeness (QED) is 0.691. The molecule has 0 aliphatic carbocycles. The van der Waals surface area contributed by atoms with E-state index in [0.717, 1.165) is 11.3 Å². The third-order valence-electron chi connectivity index (χ3n) is 3.55. The van der Waals surface area contributed by atoms with E-state index < -0.39 is 0 Å². The van der Waals surface area contributed by atoms with Crippen molar-refractivity contribution in [3.8, 4) is 5.69 Å². The van der Waals surface area contributed by atoms with E-state index in [1.165, 1.54) is 17.3 Å². The van der Waals surface area contributed by atoms with Crippen LogP contribution in [0, 0.1) is 13.8 Å². The maximum atomic E-state index is 11.9. The fourth-order valence-corrected chi connectivity index (χ4v) is 2.79. The number of thioether (sulfide) groups is 1. The number of nitrogens with zero attached hydrogens (tertiary/aromatic N) is 4. The third kappa shape index (κ3) is 3.83. The molecule has 0 saturated carbocycles. The normalized spacial score (nSPS) is 10.8. The summed E-state index contributed by atoms with van der Waals surface area (Å²) in [6.07, 6.45) is 1.58. The van der Waals surface area contributed by atoms with Crippen molar-refractivity contribution in [2.45, 2.75) is 25.5 Å². The molecule has 0 atom stereocenters. The Morgan fingerprint density at radius 1 is 1.29 bits per heavy atom. The highest BCUT2D eigenvalue weighted by molar-refractivity contribution is 7.99. The van der Waals surface area contributed by atoms with E-state index in [9.17, 15) is 4.79 Å². The first-order valence-electron chi connectivity index (χ1n) is 7.41. The number of aryl methyl sites for hydroxylation is 2. The maximum Gasteiger partial charge on any atom is 0.230 e. The lowest BCUT2D eigenvalue weighted by molar-refractivity contribution is -0.118. The number of carbonyl (C=O) groups is 1. The zero-order valence-corrected chi connectivity index (χ0v) is 14.2. The van der Waals surface area contributed by atoms with Gasteiger partial charge in [0.05, 0.1) is 24.2 Å². The first-order valence-corrected chi connectivity index (χ1v) is 8.40. The van der Waals surface area contributed by atoms with Crippen LogP contribution in [0.3, 0.4) is 0 Å². The van der Waals surface area contributed by atoms with E-state index in [-0.39, 0.29) is 11.7 Å². The first-order chi connectivity index (χ1) is 11.6. The molecule has 0 saturated heterocycles. The van der Waals surface area contributed by atoms with Gasteiger partial charge in [0.2, 0.25) is 11.1 Å². The molecule has 0 fully saturated rings. The number of tetrazole rings is 1. The second-order valence-electron chi connectivity index (χ2n) is 5.29. The van der Waals surface area contributed by atoms with Crippen LogP contribution in [0.5, 0.6) is 0 Å². The highest BCUT2D eigenvalue weighted by Crippen LogP contribution is 2.19. The Morgan fingerprint density at radius 3 is 2.92 bits per heavy atom. The lowest BCUT2D eigenvalue weighted by Crippen LogP contribution is -2.24. The van der Waals surface area contributed by atoms with Gasteiger partial charge in [0.25, 0.3) is 0 Å². The zero-order valence-electron chi connectivity index (χ0n) is 13.4. The molecule has 2 heterocycles. The third-order valence-corrected chi connectivity index (χ3v) is 4.47. The van der Waals surface area contributed by atoms with Crippen molar-refractivity contribution in [2.75, 3.05) is 5.75 Å². The highest BCUT2D eigenvalue weighted by Gasteiger charge is 2.12. The van der Waals surface area contributed by atoms with Crippen LogP contribution in [0.1, 0.15) is 16.9 Å². The highest BCUT2D eigenvalue weighted by atomic mass is 32.2. The van der Waals surface area contributed by atoms with E-state index in [2.05, 4.69) is 27.8 Å². The Kier molecular flexibility index (Phi) is 4.95. The molecular weight excluding hydrogens is 326 g/mol. The molecule has 1 N–H and O–H groups in total. The molecule has 1 aromatic carbocycles. The molecule has 124 valence electrons. The van der Waals surface area contributed by atoms with Gasteiger partial charge in [-0.05, 0) is 59.7 Å². The summed E-state index contributed by atoms with van der Waals surface area (Å²) in [6.45, 7) is 4.46. The molecule has 3 rings (SSSR count). The van der Waals surface area contributed by atoms with E-state index in [4.69, 9.17) is 4.42 Å². The first kappa shape index (κ1) is 16.3. The Balaban J connectivity index is 1.61. The molecule has 3 aromatic rings. The average molecular weight is 343 g/mol. The predicted molar refractivity (Wildman–Crippen MR) is 89.9 cm³/mol. The van der Waals surface area contributed by atoms with Gasteiger partial charge in [-0.3, -0.25) is 4.79 Å². The largest absolute Gasteiger partial charge is 0.467 e. The van der Waals surface area contributed by atoms with Gasteiger partial charge < -0.3 is 9.73 Å². The van der Waals surface area contributed by atoms with Crippen LogP contribution >= 0.6 is 11.8 Å². The SMILES string of the molecule is Cc1ccc(-n2nnnc2SCC(=O)NCc2ccco2)cc1C. The number of benzene rings is 1. The minimum absolute atomic E-state index is 0.106. The predicted octanol–water partition coefficient (Wildman–Crippen LogP) is 2.28. The van der Waals surface area contributed by atoms with Crippen LogP contribution in [-0.2, 0) is 11.3 Å². The molecule has 0 unspecified atom stereocenters. The molecule has 7 nitrogen and oxygen atoms in total. The van der Waals surface area contributed by atoms with Crippen molar-refractivity contribution in [3.05, 3.63) is 53.5 Å². The smallest absolute Gasteiger partial charge is 0.230 e. The number of aromatic nitrogens is 4. The summed E-state index contributed by atoms with van der Waals surface area (Å²) in [7, 11) is 0. The molecule has 2 aromatic heterocycles. The van der Waals surface area contributed by atoms with Gasteiger partial charge in [0.15, 0.2) is 0 Å². The van der Waals surface area contributed by atoms with Gasteiger partial charge in [-0.1, -0.05) is 17.8 Å². The van der Waals surface area contributed by atoms with Crippen molar-refractivity contribution >= 4 is 17.7 Å². The van der Waals surface area contributed by atoms with Gasteiger partial charge >= 0.3 is 0 Å². The lowest BCUT2D eigenvalue weighted by atomic mass is 10.1. The van der Waals surface area contributed by atoms with Gasteiger partial charge in [-0.15, -0.1) is 5.10 Å². The van der Waals surface area contributed by atoms with Crippen LogP contribution in [-0.4, -0.2) is 31.9 Å². The van der Waals surface area contributed by atoms with E-state index in [1.54, 1.807) is 17.0 Å². The molecule has 8 heteroatoms. The monoisotopic (exact) mass is 343 g/mol. The number of hydrogen-bond acceptors (Lipinski definition) is 6. The summed E-state index contributed by atoms with van der Waals surface area (Å²) in [4.78, 5) is 11.9. The van der Waals surface area contributed by atoms with E-state index in [1.807, 2.05) is 31.2 Å². The van der Waals surface area contributed by atoms with Crippen molar-refractivity contribution in [1.29, 1.82) is 0 Å². The molecule has 0 radical (unpaired) electrons. The van der Waals surface area contributed by atoms with Crippen LogP contribution in [0.2, 0.25) is 0 Å². The maximum absolute atomic E-state index is 11.9. The minimum Gasteiger partial charge on any atom is -0.467 e. The number of hydrogen-bond donors (Lipinski definition) is 1. The van der Waals surface area contributed by atoms with E-state index >= 15 is 0 Å². The van der Waals surface area contributed by atoms with Gasteiger partial charge in [-0.2, -0.15) is 4.68 Å². The fraction of sp³-hybridized carbons (Fsp3) is 0.250. The molecular formula is C16H17N5O2S. The van der Waals surface area contributed by atoms with Crippen LogP contribution in [0.4, 0.5) is 0 Å². The standard InChI is InChI=1S/C16H17N5O2S/c1-11-5-6-13(8-12(11)2)21-16(18-19-20-21)24-10-15(22)17-9-14-4-3-7-23-14/h3-8H,9-10H2,1-2H3,(H,17,22). The minimum atomic E-state index is -0.106. The molecule has 1 amide bonds. The second-order valence-corrected chi connectivity index (χ2v) is 6.23. The van der Waals surface area contributed by atoms with Gasteiger partial charge in [-0.25, -0.2) is 0 Å². The molecule has 0 aliphatic rings. The summed E-state index contributed by atoms with van der Waals surface area (Å²) >= 11 is 1.29. The summed E-state index contributed by atoms with van der Waals surface area (Å²) in [5, 5.41) is 15.1. The van der Waals surface area contributed by atoms with Crippen LogP contribution < -0.4 is 5.32 Å². The Morgan fingerprint density at radius 2 is 2.17 bits per heavy atom. The summed E-state index contributed by atoms with van der Waals surface area (Å²) in [6, 6.07) is 9.60. The van der Waals surface area contributed by atoms with Gasteiger partial charge in [0.1, 0.15) is 5.76 Å². The summed E-state index contributed by atoms with van der Waals surface area (Å²) in [5.41, 5.74) is 3.25. The molecule has 0 spiro atoms. The van der Waals surface area contributed by atoms with Crippen molar-refractivity contribution in [3.63, 3.8) is 0 Å². The van der Waals surface area contributed by atoms with Crippen LogP contribution in [0.15, 0.2) is 46.2 Å². The summed E-state index contributed by atoms with van der Waals surface area (Å²) in [5.74, 6) is 0.839. The Bertz CT molecular complexity index is 829. The van der Waals surface area contributed by atoms with Crippen molar-refractivity contribution in [2.24, 2.45) is 0 Å². The number of rotatable bonds is 6. The number of nitrogens with one attached hydrogen (secondary N) is 1. The zero-order chi connectivity index (χ0) is 16.9. The van der Waals surface area contributed by atoms with Crippen molar-refractivity contribution < 1.29 is 9.21 Å². The Labute approximate surface area is 143 Å². The fourth-order valence-electron chi connectivity index (χ4n) is 2.07. The number of amides is 1. The lowest BCUT2D eigenvalue weighted by Gasteiger charge is -2.07. The van der Waals surface area contributed by atoms with Crippen LogP contribution in [0.25, 0.3) is 5.69 Å². The van der Waals surface area contributed by atoms with Gasteiger partial charge in [0, 0.05) is 0 Å². The van der Waals surface area contributed by atoms with E-state index in [0.29, 0.717) is 17.5 Å².